The molecule has 1 aromatic carbocycles. The second-order valence-corrected chi connectivity index (χ2v) is 8.07. The van der Waals surface area contributed by atoms with Gasteiger partial charge in [-0.25, -0.2) is 8.42 Å². The molecular formula is C13H16BrNO3S. The van der Waals surface area contributed by atoms with E-state index in [4.69, 9.17) is 0 Å². The van der Waals surface area contributed by atoms with Crippen LogP contribution in [0.3, 0.4) is 0 Å². The average molecular weight is 346 g/mol. The first kappa shape index (κ1) is 14.5. The standard InChI is InChI=1S/C13H16BrNO3S/c14-11-1-3-12(4-2-11)15-13(16)9-10-5-7-19(17,18)8-6-10/h1-4,10H,5-9H2,(H,15,16). The summed E-state index contributed by atoms with van der Waals surface area (Å²) in [5.74, 6) is 0.553. The van der Waals surface area contributed by atoms with Crippen molar-refractivity contribution in [3.8, 4) is 0 Å². The Labute approximate surface area is 121 Å². The predicted octanol–water partition coefficient (Wildman–Crippen LogP) is 2.60. The highest BCUT2D eigenvalue weighted by Crippen LogP contribution is 2.22. The molecule has 2 rings (SSSR count). The maximum atomic E-state index is 11.9. The number of nitrogens with one attached hydrogen (secondary N) is 1. The van der Waals surface area contributed by atoms with Crippen LogP contribution in [-0.2, 0) is 14.6 Å². The van der Waals surface area contributed by atoms with Gasteiger partial charge >= 0.3 is 0 Å². The summed E-state index contributed by atoms with van der Waals surface area (Å²) in [5, 5.41) is 2.83. The molecule has 6 heteroatoms. The zero-order valence-corrected chi connectivity index (χ0v) is 12.8. The van der Waals surface area contributed by atoms with Crippen LogP contribution in [0.15, 0.2) is 28.7 Å². The van der Waals surface area contributed by atoms with Crippen molar-refractivity contribution in [2.75, 3.05) is 16.8 Å². The Balaban J connectivity index is 1.83. The Bertz CT molecular complexity index is 540. The maximum absolute atomic E-state index is 11.9. The minimum atomic E-state index is -2.85. The Kier molecular flexibility index (Phi) is 4.62. The topological polar surface area (TPSA) is 63.2 Å². The van der Waals surface area contributed by atoms with Gasteiger partial charge in [-0.05, 0) is 43.0 Å². The van der Waals surface area contributed by atoms with E-state index >= 15 is 0 Å². The largest absolute Gasteiger partial charge is 0.326 e. The highest BCUT2D eigenvalue weighted by molar-refractivity contribution is 9.10. The minimum absolute atomic E-state index is 0.0494. The van der Waals surface area contributed by atoms with Crippen molar-refractivity contribution in [1.29, 1.82) is 0 Å². The third kappa shape index (κ3) is 4.62. The van der Waals surface area contributed by atoms with Gasteiger partial charge in [0.05, 0.1) is 11.5 Å². The van der Waals surface area contributed by atoms with Crippen LogP contribution in [0.4, 0.5) is 5.69 Å². The summed E-state index contributed by atoms with van der Waals surface area (Å²) in [6.07, 6.45) is 1.58. The molecule has 0 radical (unpaired) electrons. The molecule has 4 nitrogen and oxygen atoms in total. The smallest absolute Gasteiger partial charge is 0.224 e. The minimum Gasteiger partial charge on any atom is -0.326 e. The van der Waals surface area contributed by atoms with Crippen LogP contribution >= 0.6 is 15.9 Å². The molecule has 104 valence electrons. The van der Waals surface area contributed by atoms with Gasteiger partial charge in [0.15, 0.2) is 0 Å². The van der Waals surface area contributed by atoms with E-state index in [-0.39, 0.29) is 23.3 Å². The van der Waals surface area contributed by atoms with Crippen LogP contribution in [0.5, 0.6) is 0 Å². The van der Waals surface area contributed by atoms with Crippen LogP contribution in [-0.4, -0.2) is 25.8 Å². The summed E-state index contributed by atoms with van der Waals surface area (Å²) in [4.78, 5) is 11.9. The first-order valence-corrected chi connectivity index (χ1v) is 8.82. The van der Waals surface area contributed by atoms with Gasteiger partial charge in [-0.1, -0.05) is 15.9 Å². The normalized spacial score (nSPS) is 19.0. The van der Waals surface area contributed by atoms with Crippen molar-refractivity contribution in [3.05, 3.63) is 28.7 Å². The summed E-state index contributed by atoms with van der Waals surface area (Å²) in [6.45, 7) is 0. The van der Waals surface area contributed by atoms with Gasteiger partial charge in [0.25, 0.3) is 0 Å². The number of rotatable bonds is 3. The molecule has 0 unspecified atom stereocenters. The Morgan fingerprint density at radius 2 is 1.79 bits per heavy atom. The molecule has 1 aromatic rings. The van der Waals surface area contributed by atoms with Gasteiger partial charge in [-0.2, -0.15) is 0 Å². The summed E-state index contributed by atoms with van der Waals surface area (Å²) >= 11 is 3.33. The molecule has 0 aliphatic carbocycles. The lowest BCUT2D eigenvalue weighted by Crippen LogP contribution is -2.26. The summed E-state index contributed by atoms with van der Waals surface area (Å²) in [5.41, 5.74) is 0.761. The second kappa shape index (κ2) is 6.05. The monoisotopic (exact) mass is 345 g/mol. The van der Waals surface area contributed by atoms with E-state index in [1.807, 2.05) is 24.3 Å². The molecule has 19 heavy (non-hydrogen) atoms. The second-order valence-electron chi connectivity index (χ2n) is 4.85. The first-order valence-electron chi connectivity index (χ1n) is 6.20. The Morgan fingerprint density at radius 1 is 1.21 bits per heavy atom. The van der Waals surface area contributed by atoms with Gasteiger partial charge in [0.2, 0.25) is 5.91 Å². The van der Waals surface area contributed by atoms with E-state index in [1.54, 1.807) is 0 Å². The summed E-state index contributed by atoms with van der Waals surface area (Å²) in [7, 11) is -2.85. The first-order chi connectivity index (χ1) is 8.94. The van der Waals surface area contributed by atoms with Crippen molar-refractivity contribution in [2.24, 2.45) is 5.92 Å². The SMILES string of the molecule is O=C(CC1CCS(=O)(=O)CC1)Nc1ccc(Br)cc1. The molecule has 0 atom stereocenters. The van der Waals surface area contributed by atoms with Crippen molar-refractivity contribution >= 4 is 37.4 Å². The third-order valence-electron chi connectivity index (χ3n) is 3.28. The van der Waals surface area contributed by atoms with Crippen molar-refractivity contribution in [1.82, 2.24) is 0 Å². The lowest BCUT2D eigenvalue weighted by atomic mass is 9.98. The predicted molar refractivity (Wildman–Crippen MR) is 78.8 cm³/mol. The van der Waals surface area contributed by atoms with Crippen LogP contribution in [0.1, 0.15) is 19.3 Å². The van der Waals surface area contributed by atoms with Crippen LogP contribution in [0.2, 0.25) is 0 Å². The molecule has 1 N–H and O–H groups in total. The maximum Gasteiger partial charge on any atom is 0.224 e. The third-order valence-corrected chi connectivity index (χ3v) is 5.52. The molecule has 0 bridgehead atoms. The van der Waals surface area contributed by atoms with Crippen molar-refractivity contribution in [2.45, 2.75) is 19.3 Å². The highest BCUT2D eigenvalue weighted by atomic mass is 79.9. The number of amides is 1. The number of carbonyl (C=O) groups is 1. The number of anilines is 1. The number of benzene rings is 1. The van der Waals surface area contributed by atoms with Gasteiger partial charge in [0.1, 0.15) is 9.84 Å². The van der Waals surface area contributed by atoms with E-state index in [2.05, 4.69) is 21.2 Å². The fraction of sp³-hybridized carbons (Fsp3) is 0.462. The fourth-order valence-corrected chi connectivity index (χ4v) is 4.00. The molecule has 1 aliphatic rings. The van der Waals surface area contributed by atoms with E-state index in [9.17, 15) is 13.2 Å². The Hall–Kier alpha value is -0.880. The van der Waals surface area contributed by atoms with Gasteiger partial charge in [-0.15, -0.1) is 0 Å². The number of halogens is 1. The van der Waals surface area contributed by atoms with Gasteiger partial charge in [0, 0.05) is 16.6 Å². The van der Waals surface area contributed by atoms with Gasteiger partial charge in [-0.3, -0.25) is 4.79 Å². The lowest BCUT2D eigenvalue weighted by molar-refractivity contribution is -0.117. The molecular weight excluding hydrogens is 330 g/mol. The molecule has 0 aromatic heterocycles. The number of carbonyl (C=O) groups excluding carboxylic acids is 1. The molecule has 1 fully saturated rings. The molecule has 1 aliphatic heterocycles. The van der Waals surface area contributed by atoms with Crippen molar-refractivity contribution < 1.29 is 13.2 Å². The lowest BCUT2D eigenvalue weighted by Gasteiger charge is -2.21. The summed E-state index contributed by atoms with van der Waals surface area (Å²) < 4.78 is 23.6. The van der Waals surface area contributed by atoms with Crippen LogP contribution in [0.25, 0.3) is 0 Å². The fourth-order valence-electron chi connectivity index (χ4n) is 2.15. The number of hydrogen-bond acceptors (Lipinski definition) is 3. The number of sulfone groups is 1. The average Bonchev–Trinajstić information content (AvgIpc) is 2.35. The van der Waals surface area contributed by atoms with Crippen molar-refractivity contribution in [3.63, 3.8) is 0 Å². The molecule has 1 heterocycles. The van der Waals surface area contributed by atoms with E-state index in [1.165, 1.54) is 0 Å². The van der Waals surface area contributed by atoms with E-state index in [0.29, 0.717) is 19.3 Å². The molecule has 1 amide bonds. The van der Waals surface area contributed by atoms with Gasteiger partial charge < -0.3 is 5.32 Å². The zero-order valence-electron chi connectivity index (χ0n) is 10.4. The highest BCUT2D eigenvalue weighted by Gasteiger charge is 2.25. The van der Waals surface area contributed by atoms with E-state index in [0.717, 1.165) is 10.2 Å². The quantitative estimate of drug-likeness (QED) is 0.915. The molecule has 0 spiro atoms. The molecule has 0 saturated carbocycles. The zero-order chi connectivity index (χ0) is 13.9. The van der Waals surface area contributed by atoms with Crippen LogP contribution < -0.4 is 5.32 Å². The molecule has 1 saturated heterocycles. The number of hydrogen-bond donors (Lipinski definition) is 1. The Morgan fingerprint density at radius 3 is 2.37 bits per heavy atom. The van der Waals surface area contributed by atoms with Crippen LogP contribution in [0, 0.1) is 5.92 Å². The summed E-state index contributed by atoms with van der Waals surface area (Å²) in [6, 6.07) is 7.38. The van der Waals surface area contributed by atoms with E-state index < -0.39 is 9.84 Å².